The summed E-state index contributed by atoms with van der Waals surface area (Å²) in [5, 5.41) is 11.7. The highest BCUT2D eigenvalue weighted by Crippen LogP contribution is 2.17. The second-order valence-corrected chi connectivity index (χ2v) is 5.83. The molecule has 1 aliphatic rings. The van der Waals surface area contributed by atoms with E-state index in [0.29, 0.717) is 11.6 Å². The highest BCUT2D eigenvalue weighted by Gasteiger charge is 2.20. The number of aromatic nitrogens is 2. The molecule has 1 saturated heterocycles. The van der Waals surface area contributed by atoms with Gasteiger partial charge in [-0.15, -0.1) is 5.10 Å². The second-order valence-electron chi connectivity index (χ2n) is 5.83. The molecular formula is C17H21FN4. The molecule has 0 aliphatic carbocycles. The standard InChI is InChI=1S/C17H21FN4/c1-13-10-14(6-7-16(13)18)11-19-15-4-3-9-22(12-15)17-5-2-8-20-21-17/h2,5-8,10,15,19H,3-4,9,11-12H2,1H3/t15-/m0/s1. The molecule has 116 valence electrons. The number of aryl methyl sites for hydroxylation is 1. The van der Waals surface area contributed by atoms with Crippen molar-refractivity contribution in [3.8, 4) is 0 Å². The number of hydrogen-bond donors (Lipinski definition) is 1. The van der Waals surface area contributed by atoms with Crippen LogP contribution in [0.15, 0.2) is 36.5 Å². The van der Waals surface area contributed by atoms with E-state index in [1.807, 2.05) is 24.3 Å². The first-order valence-corrected chi connectivity index (χ1v) is 7.73. The molecule has 0 bridgehead atoms. The minimum absolute atomic E-state index is 0.143. The van der Waals surface area contributed by atoms with Crippen molar-refractivity contribution in [2.45, 2.75) is 32.4 Å². The average molecular weight is 300 g/mol. The van der Waals surface area contributed by atoms with E-state index < -0.39 is 0 Å². The van der Waals surface area contributed by atoms with Gasteiger partial charge in [0, 0.05) is 31.9 Å². The minimum Gasteiger partial charge on any atom is -0.354 e. The van der Waals surface area contributed by atoms with Crippen molar-refractivity contribution in [2.75, 3.05) is 18.0 Å². The van der Waals surface area contributed by atoms with Crippen molar-refractivity contribution < 1.29 is 4.39 Å². The molecule has 1 atom stereocenters. The molecule has 0 radical (unpaired) electrons. The third kappa shape index (κ3) is 3.60. The van der Waals surface area contributed by atoms with Gasteiger partial charge in [-0.25, -0.2) is 4.39 Å². The van der Waals surface area contributed by atoms with Gasteiger partial charge >= 0.3 is 0 Å². The first kappa shape index (κ1) is 14.9. The van der Waals surface area contributed by atoms with E-state index in [9.17, 15) is 4.39 Å². The first-order valence-electron chi connectivity index (χ1n) is 7.73. The van der Waals surface area contributed by atoms with Crippen molar-refractivity contribution in [3.63, 3.8) is 0 Å². The van der Waals surface area contributed by atoms with Gasteiger partial charge < -0.3 is 10.2 Å². The van der Waals surface area contributed by atoms with Crippen LogP contribution in [-0.2, 0) is 6.54 Å². The van der Waals surface area contributed by atoms with Crippen molar-refractivity contribution in [1.82, 2.24) is 15.5 Å². The van der Waals surface area contributed by atoms with E-state index >= 15 is 0 Å². The fourth-order valence-corrected chi connectivity index (χ4v) is 2.89. The van der Waals surface area contributed by atoms with Crippen molar-refractivity contribution in [1.29, 1.82) is 0 Å². The van der Waals surface area contributed by atoms with Gasteiger partial charge in [-0.1, -0.05) is 12.1 Å². The zero-order valence-electron chi connectivity index (χ0n) is 12.8. The van der Waals surface area contributed by atoms with Crippen LogP contribution in [0.1, 0.15) is 24.0 Å². The average Bonchev–Trinajstić information content (AvgIpc) is 2.57. The molecule has 1 aromatic carbocycles. The summed E-state index contributed by atoms with van der Waals surface area (Å²) in [6.45, 7) is 4.51. The van der Waals surface area contributed by atoms with Crippen LogP contribution in [0.5, 0.6) is 0 Å². The maximum absolute atomic E-state index is 13.3. The molecule has 0 spiro atoms. The van der Waals surface area contributed by atoms with Crippen molar-refractivity contribution >= 4 is 5.82 Å². The van der Waals surface area contributed by atoms with E-state index in [4.69, 9.17) is 0 Å². The smallest absolute Gasteiger partial charge is 0.151 e. The van der Waals surface area contributed by atoms with E-state index in [1.165, 1.54) is 0 Å². The lowest BCUT2D eigenvalue weighted by Crippen LogP contribution is -2.45. The van der Waals surface area contributed by atoms with Crippen LogP contribution in [-0.4, -0.2) is 29.3 Å². The summed E-state index contributed by atoms with van der Waals surface area (Å²) in [6, 6.07) is 9.63. The number of rotatable bonds is 4. The molecule has 0 amide bonds. The lowest BCUT2D eigenvalue weighted by molar-refractivity contribution is 0.419. The summed E-state index contributed by atoms with van der Waals surface area (Å²) < 4.78 is 13.3. The molecule has 0 unspecified atom stereocenters. The van der Waals surface area contributed by atoms with Gasteiger partial charge in [-0.2, -0.15) is 5.10 Å². The minimum atomic E-state index is -0.143. The molecule has 22 heavy (non-hydrogen) atoms. The molecule has 5 heteroatoms. The lowest BCUT2D eigenvalue weighted by atomic mass is 10.0. The first-order chi connectivity index (χ1) is 10.7. The van der Waals surface area contributed by atoms with Crippen LogP contribution in [0.2, 0.25) is 0 Å². The highest BCUT2D eigenvalue weighted by atomic mass is 19.1. The number of nitrogens with one attached hydrogen (secondary N) is 1. The molecule has 0 saturated carbocycles. The maximum atomic E-state index is 13.3. The summed E-state index contributed by atoms with van der Waals surface area (Å²) in [4.78, 5) is 2.27. The summed E-state index contributed by atoms with van der Waals surface area (Å²) in [6.07, 6.45) is 3.98. The van der Waals surface area contributed by atoms with Gasteiger partial charge in [-0.3, -0.25) is 0 Å². The molecule has 3 rings (SSSR count). The van der Waals surface area contributed by atoms with E-state index in [1.54, 1.807) is 19.2 Å². The normalized spacial score (nSPS) is 18.5. The van der Waals surface area contributed by atoms with Gasteiger partial charge in [0.05, 0.1) is 0 Å². The van der Waals surface area contributed by atoms with Gasteiger partial charge in [0.15, 0.2) is 5.82 Å². The number of hydrogen-bond acceptors (Lipinski definition) is 4. The topological polar surface area (TPSA) is 41.0 Å². The number of piperidine rings is 1. The predicted octanol–water partition coefficient (Wildman–Crippen LogP) is 2.68. The van der Waals surface area contributed by atoms with Crippen LogP contribution in [0.25, 0.3) is 0 Å². The van der Waals surface area contributed by atoms with Crippen LogP contribution in [0, 0.1) is 12.7 Å². The fourth-order valence-electron chi connectivity index (χ4n) is 2.89. The Bertz CT molecular complexity index is 617. The number of halogens is 1. The Hall–Kier alpha value is -2.01. The highest BCUT2D eigenvalue weighted by molar-refractivity contribution is 5.37. The SMILES string of the molecule is Cc1cc(CN[C@H]2CCCN(c3cccnn3)C2)ccc1F. The van der Waals surface area contributed by atoms with E-state index in [-0.39, 0.29) is 5.82 Å². The molecule has 1 N–H and O–H groups in total. The van der Waals surface area contributed by atoms with E-state index in [0.717, 1.165) is 43.9 Å². The third-order valence-corrected chi connectivity index (χ3v) is 4.12. The largest absolute Gasteiger partial charge is 0.354 e. The van der Waals surface area contributed by atoms with Gasteiger partial charge in [-0.05, 0) is 49.1 Å². The number of nitrogens with zero attached hydrogens (tertiary/aromatic N) is 3. The van der Waals surface area contributed by atoms with Gasteiger partial charge in [0.1, 0.15) is 5.82 Å². The van der Waals surface area contributed by atoms with E-state index in [2.05, 4.69) is 20.4 Å². The number of benzene rings is 1. The Labute approximate surface area is 130 Å². The summed E-state index contributed by atoms with van der Waals surface area (Å²) >= 11 is 0. The zero-order valence-corrected chi connectivity index (χ0v) is 12.8. The fraction of sp³-hybridized carbons (Fsp3) is 0.412. The van der Waals surface area contributed by atoms with Crippen LogP contribution < -0.4 is 10.2 Å². The molecule has 1 fully saturated rings. The van der Waals surface area contributed by atoms with Crippen LogP contribution >= 0.6 is 0 Å². The Morgan fingerprint density at radius 1 is 1.36 bits per heavy atom. The molecule has 2 heterocycles. The maximum Gasteiger partial charge on any atom is 0.151 e. The van der Waals surface area contributed by atoms with Crippen molar-refractivity contribution in [3.05, 3.63) is 53.5 Å². The monoisotopic (exact) mass is 300 g/mol. The van der Waals surface area contributed by atoms with Gasteiger partial charge in [0.2, 0.25) is 0 Å². The number of anilines is 1. The van der Waals surface area contributed by atoms with Gasteiger partial charge in [0.25, 0.3) is 0 Å². The molecule has 1 aromatic heterocycles. The van der Waals surface area contributed by atoms with Crippen LogP contribution in [0.4, 0.5) is 10.2 Å². The summed E-state index contributed by atoms with van der Waals surface area (Å²) in [7, 11) is 0. The summed E-state index contributed by atoms with van der Waals surface area (Å²) in [5.41, 5.74) is 1.82. The third-order valence-electron chi connectivity index (χ3n) is 4.12. The Morgan fingerprint density at radius 2 is 2.27 bits per heavy atom. The van der Waals surface area contributed by atoms with Crippen molar-refractivity contribution in [2.24, 2.45) is 0 Å². The Kier molecular flexibility index (Phi) is 4.63. The molecule has 1 aliphatic heterocycles. The molecular weight excluding hydrogens is 279 g/mol. The predicted molar refractivity (Wildman–Crippen MR) is 85.2 cm³/mol. The Morgan fingerprint density at radius 3 is 3.05 bits per heavy atom. The molecule has 2 aromatic rings. The Balaban J connectivity index is 1.57. The molecule has 4 nitrogen and oxygen atoms in total. The second kappa shape index (κ2) is 6.83. The lowest BCUT2D eigenvalue weighted by Gasteiger charge is -2.33. The summed E-state index contributed by atoms with van der Waals surface area (Å²) in [5.74, 6) is 0.793. The zero-order chi connectivity index (χ0) is 15.4. The quantitative estimate of drug-likeness (QED) is 0.942. The van der Waals surface area contributed by atoms with Crippen LogP contribution in [0.3, 0.4) is 0 Å².